The quantitative estimate of drug-likeness (QED) is 0.694. The van der Waals surface area contributed by atoms with Crippen LogP contribution in [0.4, 0.5) is 10.7 Å². The summed E-state index contributed by atoms with van der Waals surface area (Å²) in [5.74, 6) is -0.798. The fourth-order valence-electron chi connectivity index (χ4n) is 2.29. The zero-order valence-electron chi connectivity index (χ0n) is 12.2. The summed E-state index contributed by atoms with van der Waals surface area (Å²) in [6.45, 7) is 3.36. The van der Waals surface area contributed by atoms with E-state index in [2.05, 4.69) is 15.5 Å². The predicted molar refractivity (Wildman–Crippen MR) is 83.2 cm³/mol. The second-order valence-electron chi connectivity index (χ2n) is 4.69. The monoisotopic (exact) mass is 312 g/mol. The van der Waals surface area contributed by atoms with Crippen LogP contribution in [0.3, 0.4) is 0 Å². The third-order valence-corrected chi connectivity index (χ3v) is 4.63. The van der Waals surface area contributed by atoms with Gasteiger partial charge in [-0.25, -0.2) is 4.79 Å². The van der Waals surface area contributed by atoms with Gasteiger partial charge in [0, 0.05) is 26.7 Å². The van der Waals surface area contributed by atoms with Gasteiger partial charge in [-0.15, -0.1) is 11.3 Å². The van der Waals surface area contributed by atoms with Gasteiger partial charge in [0.15, 0.2) is 0 Å². The summed E-state index contributed by atoms with van der Waals surface area (Å²) in [7, 11) is 2.85. The van der Waals surface area contributed by atoms with Gasteiger partial charge in [0.05, 0.1) is 18.4 Å². The van der Waals surface area contributed by atoms with Crippen molar-refractivity contribution in [3.63, 3.8) is 0 Å². The molecule has 0 spiro atoms. The molecule has 0 saturated carbocycles. The molecule has 7 nitrogen and oxygen atoms in total. The summed E-state index contributed by atoms with van der Waals surface area (Å²) in [5, 5.41) is 6.62. The van der Waals surface area contributed by atoms with E-state index in [9.17, 15) is 9.59 Å². The largest absolute Gasteiger partial charge is 0.465 e. The maximum Gasteiger partial charge on any atom is 0.350 e. The number of hydrogen-bond acceptors (Lipinski definition) is 7. The summed E-state index contributed by atoms with van der Waals surface area (Å²) in [6.07, 6.45) is 0.971. The topological polar surface area (TPSA) is 96.7 Å². The number of hydrogen-bond donors (Lipinski definition) is 3. The molecule has 1 amide bonds. The number of ether oxygens (including phenoxy) is 1. The van der Waals surface area contributed by atoms with Crippen molar-refractivity contribution in [1.82, 2.24) is 10.6 Å². The van der Waals surface area contributed by atoms with Crippen molar-refractivity contribution in [2.75, 3.05) is 51.0 Å². The van der Waals surface area contributed by atoms with Crippen LogP contribution in [0, 0.1) is 0 Å². The number of carbonyl (C=O) groups excluding carboxylic acids is 2. The normalized spacial score (nSPS) is 15.4. The van der Waals surface area contributed by atoms with Crippen LogP contribution >= 0.6 is 11.3 Å². The Labute approximate surface area is 127 Å². The highest BCUT2D eigenvalue weighted by Crippen LogP contribution is 2.38. The second kappa shape index (κ2) is 6.77. The van der Waals surface area contributed by atoms with Gasteiger partial charge in [-0.3, -0.25) is 4.79 Å². The lowest BCUT2D eigenvalue weighted by Gasteiger charge is -2.21. The minimum atomic E-state index is -0.512. The van der Waals surface area contributed by atoms with Gasteiger partial charge < -0.3 is 26.0 Å². The molecule has 1 fully saturated rings. The van der Waals surface area contributed by atoms with Crippen molar-refractivity contribution >= 4 is 33.9 Å². The van der Waals surface area contributed by atoms with E-state index >= 15 is 0 Å². The third kappa shape index (κ3) is 3.11. The number of rotatable bonds is 3. The highest BCUT2D eigenvalue weighted by molar-refractivity contribution is 7.19. The summed E-state index contributed by atoms with van der Waals surface area (Å²) >= 11 is 1.22. The molecule has 1 aromatic heterocycles. The molecular weight excluding hydrogens is 292 g/mol. The predicted octanol–water partition coefficient (Wildman–Crippen LogP) is 0.276. The van der Waals surface area contributed by atoms with Gasteiger partial charge in [0.2, 0.25) is 0 Å². The molecule has 21 heavy (non-hydrogen) atoms. The van der Waals surface area contributed by atoms with Crippen molar-refractivity contribution in [2.24, 2.45) is 0 Å². The third-order valence-electron chi connectivity index (χ3n) is 3.38. The lowest BCUT2D eigenvalue weighted by molar-refractivity contribution is 0.0607. The average Bonchev–Trinajstić information content (AvgIpc) is 2.69. The van der Waals surface area contributed by atoms with Gasteiger partial charge in [0.25, 0.3) is 5.91 Å². The van der Waals surface area contributed by atoms with Gasteiger partial charge in [-0.2, -0.15) is 0 Å². The number of anilines is 2. The van der Waals surface area contributed by atoms with Crippen molar-refractivity contribution in [3.05, 3.63) is 10.4 Å². The number of amides is 1. The number of nitrogen functional groups attached to an aromatic ring is 1. The lowest BCUT2D eigenvalue weighted by atomic mass is 10.2. The zero-order valence-corrected chi connectivity index (χ0v) is 13.0. The van der Waals surface area contributed by atoms with E-state index in [1.54, 1.807) is 7.05 Å². The number of nitrogens with zero attached hydrogens (tertiary/aromatic N) is 1. The van der Waals surface area contributed by atoms with E-state index in [-0.39, 0.29) is 16.5 Å². The Morgan fingerprint density at radius 3 is 2.81 bits per heavy atom. The van der Waals surface area contributed by atoms with E-state index in [1.165, 1.54) is 18.4 Å². The van der Waals surface area contributed by atoms with Gasteiger partial charge in [-0.1, -0.05) is 0 Å². The van der Waals surface area contributed by atoms with Gasteiger partial charge in [-0.05, 0) is 13.0 Å². The van der Waals surface area contributed by atoms with Crippen LogP contribution in [0.25, 0.3) is 0 Å². The number of thiophene rings is 1. The second-order valence-corrected chi connectivity index (χ2v) is 5.69. The molecule has 2 heterocycles. The smallest absolute Gasteiger partial charge is 0.350 e. The first-order valence-electron chi connectivity index (χ1n) is 6.78. The summed E-state index contributed by atoms with van der Waals surface area (Å²) < 4.78 is 4.74. The fourth-order valence-corrected chi connectivity index (χ4v) is 3.48. The SMILES string of the molecule is CNC(=O)c1c(N2CCCNCC2)sc(C(=O)OC)c1N. The molecule has 0 atom stereocenters. The summed E-state index contributed by atoms with van der Waals surface area (Å²) in [6, 6.07) is 0. The lowest BCUT2D eigenvalue weighted by Crippen LogP contribution is -2.29. The molecule has 1 aromatic rings. The van der Waals surface area contributed by atoms with Crippen LogP contribution in [0.5, 0.6) is 0 Å². The molecule has 1 aliphatic rings. The molecule has 0 radical (unpaired) electrons. The van der Waals surface area contributed by atoms with Crippen molar-refractivity contribution in [3.8, 4) is 0 Å². The van der Waals surface area contributed by atoms with E-state index in [4.69, 9.17) is 10.5 Å². The molecule has 1 aliphatic heterocycles. The highest BCUT2D eigenvalue weighted by Gasteiger charge is 2.28. The number of carbonyl (C=O) groups is 2. The first kappa shape index (κ1) is 15.6. The first-order valence-corrected chi connectivity index (χ1v) is 7.60. The maximum atomic E-state index is 12.1. The van der Waals surface area contributed by atoms with Crippen molar-refractivity contribution < 1.29 is 14.3 Å². The summed E-state index contributed by atoms with van der Waals surface area (Å²) in [5.41, 5.74) is 6.57. The Kier molecular flexibility index (Phi) is 5.03. The molecule has 116 valence electrons. The molecule has 1 saturated heterocycles. The van der Waals surface area contributed by atoms with E-state index in [1.807, 2.05) is 0 Å². The van der Waals surface area contributed by atoms with Crippen LogP contribution in [-0.4, -0.2) is 52.2 Å². The molecule has 0 aromatic carbocycles. The molecular formula is C13H20N4O3S. The highest BCUT2D eigenvalue weighted by atomic mass is 32.1. The minimum absolute atomic E-state index is 0.193. The number of nitrogens with one attached hydrogen (secondary N) is 2. The van der Waals surface area contributed by atoms with Crippen LogP contribution in [0.1, 0.15) is 26.5 Å². The molecule has 0 unspecified atom stereocenters. The standard InChI is InChI=1S/C13H20N4O3S/c1-15-11(18)8-9(14)10(13(19)20-2)21-12(8)17-6-3-4-16-5-7-17/h16H,3-7,14H2,1-2H3,(H,15,18). The van der Waals surface area contributed by atoms with Crippen molar-refractivity contribution in [2.45, 2.75) is 6.42 Å². The van der Waals surface area contributed by atoms with E-state index < -0.39 is 5.97 Å². The fraction of sp³-hybridized carbons (Fsp3) is 0.538. The first-order chi connectivity index (χ1) is 10.1. The number of esters is 1. The van der Waals surface area contributed by atoms with Gasteiger partial charge in [0.1, 0.15) is 9.88 Å². The Morgan fingerprint density at radius 1 is 1.38 bits per heavy atom. The summed E-state index contributed by atoms with van der Waals surface area (Å²) in [4.78, 5) is 26.3. The Morgan fingerprint density at radius 2 is 2.14 bits per heavy atom. The average molecular weight is 312 g/mol. The Bertz CT molecular complexity index is 536. The van der Waals surface area contributed by atoms with Crippen LogP contribution in [-0.2, 0) is 4.74 Å². The van der Waals surface area contributed by atoms with E-state index in [0.717, 1.165) is 37.6 Å². The molecule has 8 heteroatoms. The number of methoxy groups -OCH3 is 1. The van der Waals surface area contributed by atoms with Crippen molar-refractivity contribution in [1.29, 1.82) is 0 Å². The zero-order chi connectivity index (χ0) is 15.4. The molecule has 4 N–H and O–H groups in total. The molecule has 0 aliphatic carbocycles. The number of nitrogens with two attached hydrogens (primary N) is 1. The molecule has 2 rings (SSSR count). The van der Waals surface area contributed by atoms with Gasteiger partial charge >= 0.3 is 5.97 Å². The Hall–Kier alpha value is -1.80. The van der Waals surface area contributed by atoms with E-state index in [0.29, 0.717) is 5.56 Å². The van der Waals surface area contributed by atoms with Crippen LogP contribution in [0.15, 0.2) is 0 Å². The van der Waals surface area contributed by atoms with Crippen LogP contribution in [0.2, 0.25) is 0 Å². The Balaban J connectivity index is 2.46. The van der Waals surface area contributed by atoms with Crippen LogP contribution < -0.4 is 21.3 Å². The molecule has 0 bridgehead atoms. The minimum Gasteiger partial charge on any atom is -0.465 e. The maximum absolute atomic E-state index is 12.1.